The lowest BCUT2D eigenvalue weighted by molar-refractivity contribution is -0.133. The van der Waals surface area contributed by atoms with Gasteiger partial charge in [-0.15, -0.1) is 0 Å². The van der Waals surface area contributed by atoms with E-state index in [1.54, 1.807) is 13.0 Å². The second-order valence-corrected chi connectivity index (χ2v) is 2.88. The summed E-state index contributed by atoms with van der Waals surface area (Å²) in [6.45, 7) is 1.68. The second-order valence-electron chi connectivity index (χ2n) is 2.88. The lowest BCUT2D eigenvalue weighted by Gasteiger charge is -1.91. The molecular formula is C12H12O2. The van der Waals surface area contributed by atoms with Crippen LogP contribution in [0.3, 0.4) is 0 Å². The maximum absolute atomic E-state index is 11.1. The molecule has 0 aliphatic carbocycles. The minimum Gasteiger partial charge on any atom is -0.291 e. The highest BCUT2D eigenvalue weighted by Crippen LogP contribution is 2.01. The Labute approximate surface area is 83.3 Å². The van der Waals surface area contributed by atoms with Crippen molar-refractivity contribution in [2.24, 2.45) is 0 Å². The third kappa shape index (κ3) is 2.98. The minimum absolute atomic E-state index is 0.262. The highest BCUT2D eigenvalue weighted by molar-refractivity contribution is 6.42. The molecule has 0 unspecified atom stereocenters. The normalized spacial score (nSPS) is 10.4. The summed E-state index contributed by atoms with van der Waals surface area (Å²) in [5.41, 5.74) is 0.921. The first kappa shape index (κ1) is 10.4. The monoisotopic (exact) mass is 188 g/mol. The Morgan fingerprint density at radius 3 is 2.43 bits per heavy atom. The first-order valence-corrected chi connectivity index (χ1v) is 4.54. The lowest BCUT2D eigenvalue weighted by Crippen LogP contribution is -2.08. The van der Waals surface area contributed by atoms with Crippen molar-refractivity contribution in [1.29, 1.82) is 0 Å². The zero-order valence-electron chi connectivity index (χ0n) is 8.07. The van der Waals surface area contributed by atoms with E-state index >= 15 is 0 Å². The van der Waals surface area contributed by atoms with E-state index in [9.17, 15) is 9.59 Å². The van der Waals surface area contributed by atoms with E-state index in [2.05, 4.69) is 0 Å². The van der Waals surface area contributed by atoms with Crippen LogP contribution in [0.5, 0.6) is 0 Å². The SMILES string of the molecule is CCC(=O)C(=O)/C=C/c1ccccc1. The van der Waals surface area contributed by atoms with Crippen LogP contribution in [0.25, 0.3) is 6.08 Å². The molecule has 14 heavy (non-hydrogen) atoms. The van der Waals surface area contributed by atoms with Crippen LogP contribution in [0.2, 0.25) is 0 Å². The molecule has 0 bridgehead atoms. The molecule has 2 nitrogen and oxygen atoms in total. The van der Waals surface area contributed by atoms with Gasteiger partial charge in [0.15, 0.2) is 0 Å². The third-order valence-corrected chi connectivity index (χ3v) is 1.82. The predicted octanol–water partition coefficient (Wildman–Crippen LogP) is 2.25. The number of ketones is 2. The van der Waals surface area contributed by atoms with Crippen LogP contribution < -0.4 is 0 Å². The summed E-state index contributed by atoms with van der Waals surface area (Å²) in [6.07, 6.45) is 3.23. The average Bonchev–Trinajstić information content (AvgIpc) is 2.26. The van der Waals surface area contributed by atoms with Crippen molar-refractivity contribution in [2.75, 3.05) is 0 Å². The van der Waals surface area contributed by atoms with Crippen LogP contribution in [-0.2, 0) is 9.59 Å². The van der Waals surface area contributed by atoms with Crippen molar-refractivity contribution in [3.05, 3.63) is 42.0 Å². The molecule has 0 saturated heterocycles. The highest BCUT2D eigenvalue weighted by Gasteiger charge is 2.05. The molecule has 0 aromatic heterocycles. The number of carbonyl (C=O) groups excluding carboxylic acids is 2. The molecule has 2 heteroatoms. The Hall–Kier alpha value is -1.70. The lowest BCUT2D eigenvalue weighted by atomic mass is 10.1. The fraction of sp³-hybridized carbons (Fsp3) is 0.167. The summed E-state index contributed by atoms with van der Waals surface area (Å²) in [5.74, 6) is -0.784. The van der Waals surface area contributed by atoms with Crippen LogP contribution in [0.1, 0.15) is 18.9 Å². The Bertz CT molecular complexity index is 350. The van der Waals surface area contributed by atoms with Crippen LogP contribution in [0.15, 0.2) is 36.4 Å². The van der Waals surface area contributed by atoms with Gasteiger partial charge in [-0.05, 0) is 11.6 Å². The Balaban J connectivity index is 2.65. The number of carbonyl (C=O) groups is 2. The molecule has 0 aliphatic rings. The summed E-state index contributed by atoms with van der Waals surface area (Å²) in [7, 11) is 0. The van der Waals surface area contributed by atoms with Gasteiger partial charge < -0.3 is 0 Å². The Kier molecular flexibility index (Phi) is 3.80. The standard InChI is InChI=1S/C12H12O2/c1-2-11(13)12(14)9-8-10-6-4-3-5-7-10/h3-9H,2H2,1H3/b9-8+. The average molecular weight is 188 g/mol. The molecule has 0 N–H and O–H groups in total. The fourth-order valence-electron chi connectivity index (χ4n) is 1.00. The zero-order valence-corrected chi connectivity index (χ0v) is 8.07. The van der Waals surface area contributed by atoms with Gasteiger partial charge in [0.05, 0.1) is 0 Å². The van der Waals surface area contributed by atoms with Crippen LogP contribution in [0.4, 0.5) is 0 Å². The van der Waals surface area contributed by atoms with E-state index in [0.29, 0.717) is 0 Å². The topological polar surface area (TPSA) is 34.1 Å². The highest BCUT2D eigenvalue weighted by atomic mass is 16.2. The van der Waals surface area contributed by atoms with Crippen molar-refractivity contribution in [3.8, 4) is 0 Å². The first-order valence-electron chi connectivity index (χ1n) is 4.54. The number of hydrogen-bond acceptors (Lipinski definition) is 2. The molecule has 1 aromatic rings. The number of allylic oxidation sites excluding steroid dienone is 1. The molecule has 0 spiro atoms. The van der Waals surface area contributed by atoms with Crippen molar-refractivity contribution in [1.82, 2.24) is 0 Å². The zero-order chi connectivity index (χ0) is 10.4. The predicted molar refractivity (Wildman–Crippen MR) is 55.8 cm³/mol. The molecule has 72 valence electrons. The minimum atomic E-state index is -0.434. The maximum atomic E-state index is 11.1. The van der Waals surface area contributed by atoms with E-state index in [-0.39, 0.29) is 12.2 Å². The first-order chi connectivity index (χ1) is 6.74. The third-order valence-electron chi connectivity index (χ3n) is 1.82. The van der Waals surface area contributed by atoms with Gasteiger partial charge in [-0.3, -0.25) is 9.59 Å². The molecule has 0 radical (unpaired) electrons. The van der Waals surface area contributed by atoms with E-state index in [1.807, 2.05) is 30.3 Å². The van der Waals surface area contributed by atoms with Gasteiger partial charge >= 0.3 is 0 Å². The van der Waals surface area contributed by atoms with Crippen LogP contribution >= 0.6 is 0 Å². The fourth-order valence-corrected chi connectivity index (χ4v) is 1.00. The van der Waals surface area contributed by atoms with Gasteiger partial charge in [0.1, 0.15) is 0 Å². The van der Waals surface area contributed by atoms with Crippen molar-refractivity contribution < 1.29 is 9.59 Å². The van der Waals surface area contributed by atoms with Crippen LogP contribution in [0, 0.1) is 0 Å². The molecule has 1 rings (SSSR count). The van der Waals surface area contributed by atoms with Gasteiger partial charge in [-0.2, -0.15) is 0 Å². The molecule has 0 saturated carbocycles. The molecule has 0 heterocycles. The largest absolute Gasteiger partial charge is 0.291 e. The van der Waals surface area contributed by atoms with E-state index in [1.165, 1.54) is 6.08 Å². The van der Waals surface area contributed by atoms with Gasteiger partial charge in [-0.1, -0.05) is 43.3 Å². The molecule has 0 fully saturated rings. The van der Waals surface area contributed by atoms with E-state index < -0.39 is 5.78 Å². The summed E-state index contributed by atoms with van der Waals surface area (Å²) >= 11 is 0. The Morgan fingerprint density at radius 2 is 1.86 bits per heavy atom. The molecule has 0 amide bonds. The van der Waals surface area contributed by atoms with Gasteiger partial charge in [-0.25, -0.2) is 0 Å². The van der Waals surface area contributed by atoms with Crippen molar-refractivity contribution in [2.45, 2.75) is 13.3 Å². The molecule has 0 atom stereocenters. The number of rotatable bonds is 4. The number of hydrogen-bond donors (Lipinski definition) is 0. The quantitative estimate of drug-likeness (QED) is 0.536. The summed E-state index contributed by atoms with van der Waals surface area (Å²) < 4.78 is 0. The smallest absolute Gasteiger partial charge is 0.221 e. The molecule has 0 aliphatic heterocycles. The maximum Gasteiger partial charge on any atom is 0.221 e. The number of benzene rings is 1. The van der Waals surface area contributed by atoms with Gasteiger partial charge in [0.2, 0.25) is 11.6 Å². The van der Waals surface area contributed by atoms with Crippen LogP contribution in [-0.4, -0.2) is 11.6 Å². The van der Waals surface area contributed by atoms with E-state index in [0.717, 1.165) is 5.56 Å². The Morgan fingerprint density at radius 1 is 1.21 bits per heavy atom. The summed E-state index contributed by atoms with van der Waals surface area (Å²) in [6, 6.07) is 9.41. The molecule has 1 aromatic carbocycles. The van der Waals surface area contributed by atoms with E-state index in [4.69, 9.17) is 0 Å². The summed E-state index contributed by atoms with van der Waals surface area (Å²) in [4.78, 5) is 22.0. The second kappa shape index (κ2) is 5.12. The van der Waals surface area contributed by atoms with Gasteiger partial charge in [0, 0.05) is 6.42 Å². The van der Waals surface area contributed by atoms with Crippen molar-refractivity contribution in [3.63, 3.8) is 0 Å². The van der Waals surface area contributed by atoms with Gasteiger partial charge in [0.25, 0.3) is 0 Å². The number of Topliss-reactive ketones (excluding diaryl/α,β-unsaturated/α-hetero) is 1. The molecular weight excluding hydrogens is 176 g/mol. The summed E-state index contributed by atoms with van der Waals surface area (Å²) in [5, 5.41) is 0. The van der Waals surface area contributed by atoms with Crippen molar-refractivity contribution >= 4 is 17.6 Å².